The second-order valence-electron chi connectivity index (χ2n) is 15.9. The Kier molecular flexibility index (Phi) is 6.90. The Labute approximate surface area is 287 Å². The number of para-hydroxylation sites is 2. The maximum absolute atomic E-state index is 2.56. The van der Waals surface area contributed by atoms with Gasteiger partial charge in [-0.3, -0.25) is 0 Å². The van der Waals surface area contributed by atoms with Gasteiger partial charge in [-0.2, -0.15) is 0 Å². The molecule has 2 nitrogen and oxygen atoms in total. The molecule has 1 aliphatic carbocycles. The Morgan fingerprint density at radius 3 is 1.92 bits per heavy atom. The van der Waals surface area contributed by atoms with E-state index in [-0.39, 0.29) is 22.3 Å². The minimum atomic E-state index is -0.186. The molecule has 0 saturated carbocycles. The van der Waals surface area contributed by atoms with Crippen LogP contribution < -0.4 is 9.80 Å². The first-order chi connectivity index (χ1) is 23.0. The molecule has 5 aromatic carbocycles. The zero-order valence-electron chi connectivity index (χ0n) is 29.4. The van der Waals surface area contributed by atoms with Crippen molar-refractivity contribution in [1.82, 2.24) is 0 Å². The summed E-state index contributed by atoms with van der Waals surface area (Å²) in [5.74, 6) is 0. The molecule has 2 heteroatoms. The van der Waals surface area contributed by atoms with Crippen LogP contribution in [0, 0.1) is 5.41 Å². The highest BCUT2D eigenvalue weighted by Crippen LogP contribution is 2.60. The van der Waals surface area contributed by atoms with E-state index in [1.165, 1.54) is 67.4 Å². The van der Waals surface area contributed by atoms with Crippen LogP contribution in [0.5, 0.6) is 0 Å². The standard InChI is InChI=1S/C46H46N2/c1-44(2,3)33-23-25-34(26-24-33)47(35-18-13-17-32(29-35)31-15-9-8-10-16-31)36-27-28-42-40(30-36)46(6,7)39-21-14-20-38-43(39)48(42)41-22-12-11-19-37(41)45(38,4)5/h8-25,27-30,34H,26H2,1-7H3. The van der Waals surface area contributed by atoms with Crippen molar-refractivity contribution in [3.8, 4) is 11.1 Å². The van der Waals surface area contributed by atoms with E-state index in [2.05, 4.69) is 192 Å². The Bertz CT molecular complexity index is 2100. The summed E-state index contributed by atoms with van der Waals surface area (Å²) in [6.45, 7) is 16.5. The van der Waals surface area contributed by atoms with Gasteiger partial charge >= 0.3 is 0 Å². The highest BCUT2D eigenvalue weighted by atomic mass is 15.2. The molecule has 0 N–H and O–H groups in total. The van der Waals surface area contributed by atoms with Crippen LogP contribution in [-0.2, 0) is 10.8 Å². The van der Waals surface area contributed by atoms with Crippen LogP contribution in [0.25, 0.3) is 11.1 Å². The first kappa shape index (κ1) is 30.5. The molecule has 2 heterocycles. The molecule has 0 spiro atoms. The maximum atomic E-state index is 2.56. The van der Waals surface area contributed by atoms with E-state index in [4.69, 9.17) is 0 Å². The Balaban J connectivity index is 1.31. The van der Waals surface area contributed by atoms with Crippen LogP contribution in [0.2, 0.25) is 0 Å². The molecule has 240 valence electrons. The van der Waals surface area contributed by atoms with Gasteiger partial charge in [-0.05, 0) is 87.2 Å². The second kappa shape index (κ2) is 10.9. The van der Waals surface area contributed by atoms with E-state index in [0.29, 0.717) is 0 Å². The number of benzene rings is 5. The summed E-state index contributed by atoms with van der Waals surface area (Å²) in [6.07, 6.45) is 8.19. The van der Waals surface area contributed by atoms with Gasteiger partial charge in [0.15, 0.2) is 0 Å². The van der Waals surface area contributed by atoms with Crippen LogP contribution in [0.1, 0.15) is 77.1 Å². The number of fused-ring (bicyclic) bond motifs is 4. The molecule has 1 atom stereocenters. The second-order valence-corrected chi connectivity index (χ2v) is 15.9. The lowest BCUT2D eigenvalue weighted by Crippen LogP contribution is -2.38. The molecule has 0 fully saturated rings. The van der Waals surface area contributed by atoms with Crippen molar-refractivity contribution >= 4 is 28.4 Å². The lowest BCUT2D eigenvalue weighted by atomic mass is 9.66. The summed E-state index contributed by atoms with van der Waals surface area (Å²) in [6, 6.07) is 43.2. The van der Waals surface area contributed by atoms with Gasteiger partial charge in [0.2, 0.25) is 0 Å². The molecule has 3 aliphatic rings. The van der Waals surface area contributed by atoms with E-state index in [0.717, 1.165) is 6.42 Å². The largest absolute Gasteiger partial charge is 0.334 e. The van der Waals surface area contributed by atoms with Crippen molar-refractivity contribution in [1.29, 1.82) is 0 Å². The van der Waals surface area contributed by atoms with E-state index >= 15 is 0 Å². The lowest BCUT2D eigenvalue weighted by molar-refractivity contribution is 0.510. The zero-order chi connectivity index (χ0) is 33.4. The maximum Gasteiger partial charge on any atom is 0.0560 e. The third kappa shape index (κ3) is 4.68. The molecule has 5 aromatic rings. The third-order valence-corrected chi connectivity index (χ3v) is 11.1. The minimum Gasteiger partial charge on any atom is -0.334 e. The Morgan fingerprint density at radius 2 is 1.21 bits per heavy atom. The molecular weight excluding hydrogens is 581 g/mol. The topological polar surface area (TPSA) is 6.48 Å². The van der Waals surface area contributed by atoms with Crippen molar-refractivity contribution in [3.63, 3.8) is 0 Å². The summed E-state index contributed by atoms with van der Waals surface area (Å²) < 4.78 is 0. The van der Waals surface area contributed by atoms with Crippen molar-refractivity contribution in [2.45, 2.75) is 71.8 Å². The van der Waals surface area contributed by atoms with Crippen LogP contribution in [0.4, 0.5) is 28.4 Å². The first-order valence-electron chi connectivity index (χ1n) is 17.5. The van der Waals surface area contributed by atoms with Crippen molar-refractivity contribution < 1.29 is 0 Å². The van der Waals surface area contributed by atoms with Crippen LogP contribution in [0.15, 0.2) is 139 Å². The van der Waals surface area contributed by atoms with Gasteiger partial charge in [0, 0.05) is 22.2 Å². The molecule has 0 aromatic heterocycles. The average Bonchev–Trinajstić information content (AvgIpc) is 3.09. The van der Waals surface area contributed by atoms with Crippen LogP contribution in [-0.4, -0.2) is 6.04 Å². The monoisotopic (exact) mass is 626 g/mol. The Hall–Kier alpha value is -4.82. The number of hydrogen-bond acceptors (Lipinski definition) is 2. The fraction of sp³-hybridized carbons (Fsp3) is 0.261. The summed E-state index contributed by atoms with van der Waals surface area (Å²) >= 11 is 0. The zero-order valence-corrected chi connectivity index (χ0v) is 29.4. The molecule has 0 bridgehead atoms. The molecule has 0 saturated heterocycles. The summed E-state index contributed by atoms with van der Waals surface area (Å²) in [5, 5.41) is 0. The highest BCUT2D eigenvalue weighted by molar-refractivity contribution is 5.93. The van der Waals surface area contributed by atoms with Crippen molar-refractivity contribution in [2.24, 2.45) is 5.41 Å². The van der Waals surface area contributed by atoms with E-state index < -0.39 is 0 Å². The smallest absolute Gasteiger partial charge is 0.0560 e. The van der Waals surface area contributed by atoms with Crippen LogP contribution in [0.3, 0.4) is 0 Å². The summed E-state index contributed by atoms with van der Waals surface area (Å²) in [7, 11) is 0. The lowest BCUT2D eigenvalue weighted by Gasteiger charge is -2.49. The third-order valence-electron chi connectivity index (χ3n) is 11.1. The van der Waals surface area contributed by atoms with Crippen LogP contribution >= 0.6 is 0 Å². The quantitative estimate of drug-likeness (QED) is 0.196. The fourth-order valence-corrected chi connectivity index (χ4v) is 8.38. The Morgan fingerprint density at radius 1 is 0.604 bits per heavy atom. The van der Waals surface area contributed by atoms with Gasteiger partial charge in [-0.25, -0.2) is 0 Å². The van der Waals surface area contributed by atoms with Gasteiger partial charge in [-0.15, -0.1) is 0 Å². The molecule has 48 heavy (non-hydrogen) atoms. The highest BCUT2D eigenvalue weighted by Gasteiger charge is 2.45. The number of hydrogen-bond donors (Lipinski definition) is 0. The van der Waals surface area contributed by atoms with Crippen molar-refractivity contribution in [2.75, 3.05) is 9.80 Å². The summed E-state index contributed by atoms with van der Waals surface area (Å²) in [4.78, 5) is 5.11. The number of allylic oxidation sites excluding steroid dienone is 2. The predicted molar refractivity (Wildman–Crippen MR) is 204 cm³/mol. The number of anilines is 5. The van der Waals surface area contributed by atoms with Gasteiger partial charge in [-0.1, -0.05) is 146 Å². The van der Waals surface area contributed by atoms with Gasteiger partial charge in [0.25, 0.3) is 0 Å². The molecule has 0 amide bonds. The van der Waals surface area contributed by atoms with Crippen molar-refractivity contribution in [3.05, 3.63) is 161 Å². The molecular formula is C46H46N2. The fourth-order valence-electron chi connectivity index (χ4n) is 8.38. The predicted octanol–water partition coefficient (Wildman–Crippen LogP) is 12.5. The van der Waals surface area contributed by atoms with E-state index in [1.807, 2.05) is 0 Å². The first-order valence-corrected chi connectivity index (χ1v) is 17.5. The average molecular weight is 627 g/mol. The molecule has 0 radical (unpaired) electrons. The van der Waals surface area contributed by atoms with E-state index in [9.17, 15) is 0 Å². The number of nitrogens with zero attached hydrogens (tertiary/aromatic N) is 2. The summed E-state index contributed by atoms with van der Waals surface area (Å²) in [5.41, 5.74) is 15.6. The van der Waals surface area contributed by atoms with Gasteiger partial charge in [0.1, 0.15) is 0 Å². The molecule has 8 rings (SSSR count). The van der Waals surface area contributed by atoms with Gasteiger partial charge < -0.3 is 9.80 Å². The van der Waals surface area contributed by atoms with E-state index in [1.54, 1.807) is 0 Å². The van der Waals surface area contributed by atoms with Gasteiger partial charge in [0.05, 0.1) is 23.1 Å². The molecule has 1 unspecified atom stereocenters. The minimum absolute atomic E-state index is 0.0841. The SMILES string of the molecule is CC(C)(C)C1=CCC(N(c2cccc(-c3ccccc3)c2)c2ccc3c(c2)C(C)(C)c2cccc4c2N3c2ccccc2C4(C)C)C=C1. The number of rotatable bonds is 4. The normalized spacial score (nSPS) is 18.4. The molecule has 2 aliphatic heterocycles.